The maximum Gasteiger partial charge on any atom is 0.247 e. The third-order valence-electron chi connectivity index (χ3n) is 5.87. The van der Waals surface area contributed by atoms with Gasteiger partial charge in [-0.2, -0.15) is 0 Å². The molecule has 2 aromatic carbocycles. The zero-order valence-corrected chi connectivity index (χ0v) is 19.4. The predicted molar refractivity (Wildman–Crippen MR) is 130 cm³/mol. The van der Waals surface area contributed by atoms with Gasteiger partial charge < -0.3 is 10.2 Å². The van der Waals surface area contributed by atoms with Crippen LogP contribution >= 0.6 is 22.9 Å². The lowest BCUT2D eigenvalue weighted by atomic mass is 10.0. The van der Waals surface area contributed by atoms with E-state index in [1.807, 2.05) is 60.0 Å². The summed E-state index contributed by atoms with van der Waals surface area (Å²) in [4.78, 5) is 29.8. The standard InChI is InChI=1S/C26H27ClN2O2S/c27-21-14-12-20(13-15-21)25(26(31)28-22-9-4-5-10-22)29(18-19-7-2-1-3-8-19)24(30)17-23-11-6-16-32-23/h1-3,6-8,11-16,22,25H,4-5,9-10,17-18H2,(H,28,31)/t25-/m1/s1. The van der Waals surface area contributed by atoms with E-state index >= 15 is 0 Å². The zero-order chi connectivity index (χ0) is 22.3. The first-order chi connectivity index (χ1) is 15.6. The third-order valence-corrected chi connectivity index (χ3v) is 7.00. The van der Waals surface area contributed by atoms with Crippen LogP contribution in [0.2, 0.25) is 5.02 Å². The van der Waals surface area contributed by atoms with Gasteiger partial charge in [-0.1, -0.05) is 73.0 Å². The summed E-state index contributed by atoms with van der Waals surface area (Å²) in [5.41, 5.74) is 1.75. The second kappa shape index (κ2) is 10.8. The first-order valence-electron chi connectivity index (χ1n) is 11.0. The number of rotatable bonds is 8. The highest BCUT2D eigenvalue weighted by Gasteiger charge is 2.33. The molecule has 0 unspecified atom stereocenters. The Bertz CT molecular complexity index is 1020. The molecule has 0 radical (unpaired) electrons. The topological polar surface area (TPSA) is 49.4 Å². The Morgan fingerprint density at radius 2 is 1.72 bits per heavy atom. The van der Waals surface area contributed by atoms with Crippen molar-refractivity contribution in [1.29, 1.82) is 0 Å². The van der Waals surface area contributed by atoms with Crippen molar-refractivity contribution in [3.05, 3.63) is 93.1 Å². The number of nitrogens with zero attached hydrogens (tertiary/aromatic N) is 1. The number of nitrogens with one attached hydrogen (secondary N) is 1. The molecule has 0 aliphatic heterocycles. The number of carbonyl (C=O) groups is 2. The molecule has 3 aromatic rings. The first kappa shape index (κ1) is 22.6. The molecule has 1 aliphatic carbocycles. The molecule has 32 heavy (non-hydrogen) atoms. The van der Waals surface area contributed by atoms with Crippen LogP contribution in [0.4, 0.5) is 0 Å². The molecule has 1 atom stereocenters. The monoisotopic (exact) mass is 466 g/mol. The first-order valence-corrected chi connectivity index (χ1v) is 12.3. The molecule has 0 bridgehead atoms. The van der Waals surface area contributed by atoms with Gasteiger partial charge in [0, 0.05) is 22.5 Å². The minimum Gasteiger partial charge on any atom is -0.351 e. The van der Waals surface area contributed by atoms with E-state index in [1.165, 1.54) is 0 Å². The maximum atomic E-state index is 13.6. The van der Waals surface area contributed by atoms with Gasteiger partial charge in [-0.15, -0.1) is 11.3 Å². The number of hydrogen-bond acceptors (Lipinski definition) is 3. The highest BCUT2D eigenvalue weighted by molar-refractivity contribution is 7.10. The summed E-state index contributed by atoms with van der Waals surface area (Å²) >= 11 is 7.67. The second-order valence-electron chi connectivity index (χ2n) is 8.21. The van der Waals surface area contributed by atoms with Gasteiger partial charge >= 0.3 is 0 Å². The van der Waals surface area contributed by atoms with Crippen LogP contribution in [0, 0.1) is 0 Å². The van der Waals surface area contributed by atoms with Crippen LogP contribution in [0.3, 0.4) is 0 Å². The highest BCUT2D eigenvalue weighted by Crippen LogP contribution is 2.28. The quantitative estimate of drug-likeness (QED) is 0.458. The molecule has 0 saturated heterocycles. The van der Waals surface area contributed by atoms with E-state index < -0.39 is 6.04 Å². The van der Waals surface area contributed by atoms with Crippen LogP contribution in [-0.2, 0) is 22.6 Å². The Kier molecular flexibility index (Phi) is 7.61. The molecular weight excluding hydrogens is 440 g/mol. The SMILES string of the molecule is O=C(NC1CCCC1)[C@@H](c1ccc(Cl)cc1)N(Cc1ccccc1)C(=O)Cc1cccs1. The Morgan fingerprint density at radius 1 is 1.00 bits per heavy atom. The van der Waals surface area contributed by atoms with Crippen LogP contribution in [0.1, 0.15) is 47.7 Å². The number of thiophene rings is 1. The Labute approximate surface area is 198 Å². The van der Waals surface area contributed by atoms with Gasteiger partial charge in [0.15, 0.2) is 0 Å². The average molecular weight is 467 g/mol. The summed E-state index contributed by atoms with van der Waals surface area (Å²) < 4.78 is 0. The number of amides is 2. The summed E-state index contributed by atoms with van der Waals surface area (Å²) in [6.45, 7) is 0.358. The van der Waals surface area contributed by atoms with Crippen molar-refractivity contribution < 1.29 is 9.59 Å². The lowest BCUT2D eigenvalue weighted by Gasteiger charge is -2.32. The number of halogens is 1. The fourth-order valence-corrected chi connectivity index (χ4v) is 5.06. The van der Waals surface area contributed by atoms with Gasteiger partial charge in [-0.3, -0.25) is 9.59 Å². The molecule has 1 fully saturated rings. The van der Waals surface area contributed by atoms with E-state index in [0.29, 0.717) is 11.6 Å². The third kappa shape index (κ3) is 5.78. The van der Waals surface area contributed by atoms with E-state index in [1.54, 1.807) is 28.4 Å². The van der Waals surface area contributed by atoms with Gasteiger partial charge in [0.1, 0.15) is 6.04 Å². The fraction of sp³-hybridized carbons (Fsp3) is 0.308. The van der Waals surface area contributed by atoms with Crippen molar-refractivity contribution in [1.82, 2.24) is 10.2 Å². The smallest absolute Gasteiger partial charge is 0.247 e. The van der Waals surface area contributed by atoms with Crippen molar-refractivity contribution in [2.24, 2.45) is 0 Å². The summed E-state index contributed by atoms with van der Waals surface area (Å²) in [7, 11) is 0. The number of benzene rings is 2. The van der Waals surface area contributed by atoms with E-state index in [-0.39, 0.29) is 24.3 Å². The molecule has 1 N–H and O–H groups in total. The Balaban J connectivity index is 1.68. The maximum absolute atomic E-state index is 13.6. The van der Waals surface area contributed by atoms with Crippen molar-refractivity contribution in [2.45, 2.75) is 50.7 Å². The largest absolute Gasteiger partial charge is 0.351 e. The van der Waals surface area contributed by atoms with Gasteiger partial charge in [0.25, 0.3) is 0 Å². The molecule has 4 rings (SSSR count). The van der Waals surface area contributed by atoms with Crippen LogP contribution < -0.4 is 5.32 Å². The van der Waals surface area contributed by atoms with Gasteiger partial charge in [0.05, 0.1) is 6.42 Å². The highest BCUT2D eigenvalue weighted by atomic mass is 35.5. The predicted octanol–water partition coefficient (Wildman–Crippen LogP) is 5.77. The normalized spacial score (nSPS) is 14.8. The summed E-state index contributed by atoms with van der Waals surface area (Å²) in [6.07, 6.45) is 4.50. The van der Waals surface area contributed by atoms with Crippen LogP contribution in [0.15, 0.2) is 72.1 Å². The zero-order valence-electron chi connectivity index (χ0n) is 17.9. The molecule has 1 heterocycles. The van der Waals surface area contributed by atoms with E-state index in [4.69, 9.17) is 11.6 Å². The van der Waals surface area contributed by atoms with E-state index in [2.05, 4.69) is 5.32 Å². The summed E-state index contributed by atoms with van der Waals surface area (Å²) in [5.74, 6) is -0.201. The summed E-state index contributed by atoms with van der Waals surface area (Å²) in [5, 5.41) is 5.77. The van der Waals surface area contributed by atoms with Gasteiger partial charge in [-0.05, 0) is 47.5 Å². The molecule has 1 aromatic heterocycles. The number of carbonyl (C=O) groups excluding carboxylic acids is 2. The van der Waals surface area contributed by atoms with E-state index in [0.717, 1.165) is 41.7 Å². The van der Waals surface area contributed by atoms with Gasteiger partial charge in [0.2, 0.25) is 11.8 Å². The van der Waals surface area contributed by atoms with Crippen LogP contribution in [0.5, 0.6) is 0 Å². The molecule has 6 heteroatoms. The molecule has 4 nitrogen and oxygen atoms in total. The average Bonchev–Trinajstić information content (AvgIpc) is 3.50. The van der Waals surface area contributed by atoms with Crippen LogP contribution in [0.25, 0.3) is 0 Å². The molecule has 166 valence electrons. The molecule has 2 amide bonds. The second-order valence-corrected chi connectivity index (χ2v) is 9.68. The summed E-state index contributed by atoms with van der Waals surface area (Å²) in [6, 6.07) is 20.4. The lowest BCUT2D eigenvalue weighted by Crippen LogP contribution is -2.46. The van der Waals surface area contributed by atoms with E-state index in [9.17, 15) is 9.59 Å². The minimum atomic E-state index is -0.722. The molecular formula is C26H27ClN2O2S. The molecule has 1 saturated carbocycles. The molecule has 1 aliphatic rings. The van der Waals surface area contributed by atoms with Crippen molar-refractivity contribution in [3.8, 4) is 0 Å². The Hall–Kier alpha value is -2.63. The lowest BCUT2D eigenvalue weighted by molar-refractivity contribution is -0.141. The van der Waals surface area contributed by atoms with Crippen LogP contribution in [-0.4, -0.2) is 22.8 Å². The molecule has 0 spiro atoms. The minimum absolute atomic E-state index is 0.0715. The van der Waals surface area contributed by atoms with Crippen molar-refractivity contribution in [2.75, 3.05) is 0 Å². The Morgan fingerprint density at radius 3 is 2.38 bits per heavy atom. The van der Waals surface area contributed by atoms with Crippen molar-refractivity contribution >= 4 is 34.8 Å². The number of hydrogen-bond donors (Lipinski definition) is 1. The fourth-order valence-electron chi connectivity index (χ4n) is 4.24. The van der Waals surface area contributed by atoms with Crippen molar-refractivity contribution in [3.63, 3.8) is 0 Å². The van der Waals surface area contributed by atoms with Gasteiger partial charge in [-0.25, -0.2) is 0 Å².